The molecular formula is C10H16O7. The molecule has 2 N–H and O–H groups in total. The summed E-state index contributed by atoms with van der Waals surface area (Å²) >= 11 is 0. The second kappa shape index (κ2) is 4.41. The molecule has 0 unspecified atom stereocenters. The van der Waals surface area contributed by atoms with Crippen LogP contribution in [0.3, 0.4) is 0 Å². The number of fused-ring (bicyclic) bond motifs is 2. The molecule has 2 aliphatic rings. The van der Waals surface area contributed by atoms with E-state index in [4.69, 9.17) is 14.2 Å². The molecule has 2 rings (SSSR count). The molecule has 2 bridgehead atoms. The third-order valence-electron chi connectivity index (χ3n) is 2.96. The Labute approximate surface area is 98.2 Å². The minimum atomic E-state index is -1.62. The van der Waals surface area contributed by atoms with Crippen LogP contribution in [0, 0.1) is 0 Å². The highest BCUT2D eigenvalue weighted by Gasteiger charge is 2.58. The fourth-order valence-corrected chi connectivity index (χ4v) is 1.98. The second-order valence-electron chi connectivity index (χ2n) is 4.28. The van der Waals surface area contributed by atoms with Gasteiger partial charge in [-0.1, -0.05) is 0 Å². The topological polar surface area (TPSA) is 94.5 Å². The van der Waals surface area contributed by atoms with Crippen molar-refractivity contribution >= 4 is 6.16 Å². The Morgan fingerprint density at radius 1 is 1.59 bits per heavy atom. The molecule has 2 heterocycles. The number of hydrogen-bond donors (Lipinski definition) is 2. The van der Waals surface area contributed by atoms with Gasteiger partial charge in [0, 0.05) is 0 Å². The fourth-order valence-electron chi connectivity index (χ4n) is 1.98. The molecular weight excluding hydrogens is 232 g/mol. The van der Waals surface area contributed by atoms with Gasteiger partial charge in [0.05, 0.1) is 13.2 Å². The lowest BCUT2D eigenvalue weighted by Gasteiger charge is -2.41. The SMILES string of the molecule is CCOC(=O)O[C@H]1[C@@H](O)[C@@](C)(O)[C@@H]2OC[C@H]1O2. The van der Waals surface area contributed by atoms with Gasteiger partial charge in [-0.15, -0.1) is 0 Å². The maximum Gasteiger partial charge on any atom is 0.508 e. The number of carbonyl (C=O) groups is 1. The Hall–Kier alpha value is -0.890. The van der Waals surface area contributed by atoms with E-state index in [2.05, 4.69) is 4.74 Å². The summed E-state index contributed by atoms with van der Waals surface area (Å²) in [5.41, 5.74) is -1.62. The van der Waals surface area contributed by atoms with Crippen LogP contribution in [-0.2, 0) is 18.9 Å². The zero-order chi connectivity index (χ0) is 12.6. The minimum Gasteiger partial charge on any atom is -0.435 e. The van der Waals surface area contributed by atoms with Crippen LogP contribution in [-0.4, -0.2) is 59.8 Å². The number of aliphatic hydroxyl groups excluding tert-OH is 1. The van der Waals surface area contributed by atoms with Crippen LogP contribution in [0.2, 0.25) is 0 Å². The van der Waals surface area contributed by atoms with Gasteiger partial charge >= 0.3 is 6.16 Å². The molecule has 0 aromatic rings. The normalized spacial score (nSPS) is 44.5. The summed E-state index contributed by atoms with van der Waals surface area (Å²) in [6.45, 7) is 3.33. The lowest BCUT2D eigenvalue weighted by molar-refractivity contribution is -0.275. The Morgan fingerprint density at radius 3 is 2.94 bits per heavy atom. The van der Waals surface area contributed by atoms with Gasteiger partial charge in [-0.2, -0.15) is 0 Å². The third-order valence-corrected chi connectivity index (χ3v) is 2.96. The smallest absolute Gasteiger partial charge is 0.435 e. The maximum atomic E-state index is 11.2. The van der Waals surface area contributed by atoms with E-state index in [1.165, 1.54) is 6.92 Å². The average Bonchev–Trinajstić information content (AvgIpc) is 2.71. The highest BCUT2D eigenvalue weighted by atomic mass is 16.8. The zero-order valence-electron chi connectivity index (χ0n) is 9.66. The van der Waals surface area contributed by atoms with E-state index in [0.717, 1.165) is 0 Å². The maximum absolute atomic E-state index is 11.2. The van der Waals surface area contributed by atoms with Crippen molar-refractivity contribution in [3.8, 4) is 0 Å². The number of rotatable bonds is 2. The number of ether oxygens (including phenoxy) is 4. The largest absolute Gasteiger partial charge is 0.508 e. The van der Waals surface area contributed by atoms with Crippen LogP contribution >= 0.6 is 0 Å². The van der Waals surface area contributed by atoms with Crippen LogP contribution in [0.15, 0.2) is 0 Å². The zero-order valence-corrected chi connectivity index (χ0v) is 9.66. The standard InChI is InChI=1S/C10H16O7/c1-3-14-9(12)17-6-5-4-15-8(16-5)10(2,13)7(6)11/h5-8,11,13H,3-4H2,1-2H3/t5-,6-,7-,8-,10-/m1/s1. The first kappa shape index (κ1) is 12.6. The molecule has 0 aliphatic carbocycles. The van der Waals surface area contributed by atoms with Crippen molar-refractivity contribution < 1.29 is 34.0 Å². The molecule has 0 amide bonds. The molecule has 2 fully saturated rings. The van der Waals surface area contributed by atoms with Crippen LogP contribution in [0.4, 0.5) is 4.79 Å². The average molecular weight is 248 g/mol. The van der Waals surface area contributed by atoms with Gasteiger partial charge < -0.3 is 29.2 Å². The molecule has 5 atom stereocenters. The lowest BCUT2D eigenvalue weighted by Crippen LogP contribution is -2.62. The quantitative estimate of drug-likeness (QED) is 0.630. The van der Waals surface area contributed by atoms with Crippen molar-refractivity contribution in [2.75, 3.05) is 13.2 Å². The van der Waals surface area contributed by atoms with E-state index < -0.39 is 36.4 Å². The first-order chi connectivity index (χ1) is 7.96. The number of carbonyl (C=O) groups excluding carboxylic acids is 1. The molecule has 7 nitrogen and oxygen atoms in total. The van der Waals surface area contributed by atoms with E-state index in [0.29, 0.717) is 0 Å². The minimum absolute atomic E-state index is 0.155. The van der Waals surface area contributed by atoms with Gasteiger partial charge in [-0.3, -0.25) is 0 Å². The van der Waals surface area contributed by atoms with Crippen molar-refractivity contribution in [3.05, 3.63) is 0 Å². The second-order valence-corrected chi connectivity index (χ2v) is 4.28. The Bertz CT molecular complexity index is 303. The number of hydrogen-bond acceptors (Lipinski definition) is 7. The molecule has 7 heteroatoms. The van der Waals surface area contributed by atoms with E-state index in [-0.39, 0.29) is 13.2 Å². The van der Waals surface area contributed by atoms with Gasteiger partial charge in [0.15, 0.2) is 12.4 Å². The van der Waals surface area contributed by atoms with Crippen LogP contribution in [0.25, 0.3) is 0 Å². The van der Waals surface area contributed by atoms with Crippen molar-refractivity contribution in [1.82, 2.24) is 0 Å². The molecule has 98 valence electrons. The van der Waals surface area contributed by atoms with Gasteiger partial charge in [0.25, 0.3) is 0 Å². The lowest BCUT2D eigenvalue weighted by atomic mass is 9.90. The van der Waals surface area contributed by atoms with Crippen LogP contribution < -0.4 is 0 Å². The molecule has 0 aromatic heterocycles. The number of aliphatic hydroxyl groups is 2. The van der Waals surface area contributed by atoms with Crippen molar-refractivity contribution in [2.24, 2.45) is 0 Å². The van der Waals surface area contributed by atoms with Crippen LogP contribution in [0.5, 0.6) is 0 Å². The Morgan fingerprint density at radius 2 is 2.29 bits per heavy atom. The van der Waals surface area contributed by atoms with Crippen LogP contribution in [0.1, 0.15) is 13.8 Å². The Balaban J connectivity index is 2.08. The molecule has 17 heavy (non-hydrogen) atoms. The summed E-state index contributed by atoms with van der Waals surface area (Å²) in [6.07, 6.45) is -4.66. The van der Waals surface area contributed by atoms with Crippen molar-refractivity contribution in [2.45, 2.75) is 44.1 Å². The first-order valence-corrected chi connectivity index (χ1v) is 5.47. The first-order valence-electron chi connectivity index (χ1n) is 5.47. The summed E-state index contributed by atoms with van der Waals surface area (Å²) < 4.78 is 20.0. The molecule has 0 radical (unpaired) electrons. The molecule has 0 saturated carbocycles. The van der Waals surface area contributed by atoms with E-state index in [1.54, 1.807) is 6.92 Å². The highest BCUT2D eigenvalue weighted by Crippen LogP contribution is 2.36. The highest BCUT2D eigenvalue weighted by molar-refractivity contribution is 5.60. The summed E-state index contributed by atoms with van der Waals surface area (Å²) in [5, 5.41) is 20.0. The van der Waals surface area contributed by atoms with Crippen molar-refractivity contribution in [3.63, 3.8) is 0 Å². The monoisotopic (exact) mass is 248 g/mol. The van der Waals surface area contributed by atoms with Gasteiger partial charge in [-0.25, -0.2) is 4.79 Å². The molecule has 2 aliphatic heterocycles. The van der Waals surface area contributed by atoms with Gasteiger partial charge in [-0.05, 0) is 13.8 Å². The third kappa shape index (κ3) is 2.11. The van der Waals surface area contributed by atoms with E-state index >= 15 is 0 Å². The summed E-state index contributed by atoms with van der Waals surface area (Å²) in [4.78, 5) is 11.2. The Kier molecular flexibility index (Phi) is 3.26. The van der Waals surface area contributed by atoms with Crippen molar-refractivity contribution in [1.29, 1.82) is 0 Å². The van der Waals surface area contributed by atoms with E-state index in [1.807, 2.05) is 0 Å². The van der Waals surface area contributed by atoms with E-state index in [9.17, 15) is 15.0 Å². The molecule has 0 aromatic carbocycles. The molecule has 2 saturated heterocycles. The summed E-state index contributed by atoms with van der Waals surface area (Å²) in [6, 6.07) is 0. The predicted molar refractivity (Wildman–Crippen MR) is 53.1 cm³/mol. The molecule has 0 spiro atoms. The van der Waals surface area contributed by atoms with Gasteiger partial charge in [0.1, 0.15) is 17.8 Å². The fraction of sp³-hybridized carbons (Fsp3) is 0.900. The summed E-state index contributed by atoms with van der Waals surface area (Å²) in [5.74, 6) is 0. The van der Waals surface area contributed by atoms with Gasteiger partial charge in [0.2, 0.25) is 0 Å². The summed E-state index contributed by atoms with van der Waals surface area (Å²) in [7, 11) is 0. The predicted octanol–water partition coefficient (Wildman–Crippen LogP) is -0.605.